The minimum atomic E-state index is 0.582. The predicted octanol–water partition coefficient (Wildman–Crippen LogP) is 11.3. The van der Waals surface area contributed by atoms with Gasteiger partial charge < -0.3 is 0 Å². The topological polar surface area (TPSA) is 43.6 Å². The standard InChI is InChI=1S/C45H30N4/c1-4-14-31(15-5-1)34-20-12-21-35(28-34)36-22-13-23-38(29-36)44-46-43(33-18-8-3-9-19-33)47-45(48-44)49-41-25-11-10-24-39(41)40-30-37(26-27-42(40)49)32-16-6-2-7-17-32/h1-30H. The van der Waals surface area contributed by atoms with Crippen LogP contribution in [0.15, 0.2) is 182 Å². The van der Waals surface area contributed by atoms with E-state index in [0.717, 1.165) is 44.1 Å². The molecule has 0 spiro atoms. The molecule has 4 nitrogen and oxygen atoms in total. The molecular formula is C45H30N4. The third-order valence-corrected chi connectivity index (χ3v) is 9.06. The zero-order valence-electron chi connectivity index (χ0n) is 26.6. The largest absolute Gasteiger partial charge is 0.278 e. The maximum Gasteiger partial charge on any atom is 0.238 e. The SMILES string of the molecule is c1ccc(-c2cccc(-c3cccc(-c4nc(-c5ccccc5)nc(-n5c6ccccc6c6cc(-c7ccccc7)ccc65)n4)c3)c2)cc1. The molecule has 0 fully saturated rings. The van der Waals surface area contributed by atoms with Crippen molar-refractivity contribution in [3.05, 3.63) is 182 Å². The fourth-order valence-corrected chi connectivity index (χ4v) is 6.66. The van der Waals surface area contributed by atoms with Gasteiger partial charge in [-0.1, -0.05) is 152 Å². The van der Waals surface area contributed by atoms with Gasteiger partial charge in [-0.3, -0.25) is 4.57 Å². The fourth-order valence-electron chi connectivity index (χ4n) is 6.66. The number of nitrogens with zero attached hydrogens (tertiary/aromatic N) is 4. The molecular weight excluding hydrogens is 597 g/mol. The molecule has 0 saturated heterocycles. The third-order valence-electron chi connectivity index (χ3n) is 9.06. The van der Waals surface area contributed by atoms with Crippen LogP contribution in [0.4, 0.5) is 0 Å². The van der Waals surface area contributed by atoms with Gasteiger partial charge in [0, 0.05) is 21.9 Å². The van der Waals surface area contributed by atoms with Crippen molar-refractivity contribution in [1.82, 2.24) is 19.5 Å². The van der Waals surface area contributed by atoms with Crippen LogP contribution in [0.25, 0.3) is 83.9 Å². The lowest BCUT2D eigenvalue weighted by Gasteiger charge is -2.12. The number of rotatable bonds is 6. The van der Waals surface area contributed by atoms with Crippen molar-refractivity contribution < 1.29 is 0 Å². The molecule has 49 heavy (non-hydrogen) atoms. The second kappa shape index (κ2) is 12.2. The molecule has 230 valence electrons. The number of aromatic nitrogens is 4. The first-order chi connectivity index (χ1) is 24.3. The van der Waals surface area contributed by atoms with Gasteiger partial charge in [-0.25, -0.2) is 4.98 Å². The van der Waals surface area contributed by atoms with Gasteiger partial charge in [-0.2, -0.15) is 9.97 Å². The number of hydrogen-bond acceptors (Lipinski definition) is 3. The van der Waals surface area contributed by atoms with Crippen molar-refractivity contribution in [3.8, 4) is 62.1 Å². The van der Waals surface area contributed by atoms with Crippen LogP contribution in [0.5, 0.6) is 0 Å². The lowest BCUT2D eigenvalue weighted by molar-refractivity contribution is 0.953. The zero-order chi connectivity index (χ0) is 32.6. The third kappa shape index (κ3) is 5.35. The summed E-state index contributed by atoms with van der Waals surface area (Å²) in [5.74, 6) is 1.83. The van der Waals surface area contributed by atoms with E-state index < -0.39 is 0 Å². The molecule has 0 bridgehead atoms. The highest BCUT2D eigenvalue weighted by atomic mass is 15.2. The highest BCUT2D eigenvalue weighted by Crippen LogP contribution is 2.35. The average Bonchev–Trinajstić information content (AvgIpc) is 3.52. The summed E-state index contributed by atoms with van der Waals surface area (Å²) >= 11 is 0. The summed E-state index contributed by atoms with van der Waals surface area (Å²) in [6.07, 6.45) is 0. The van der Waals surface area contributed by atoms with Gasteiger partial charge >= 0.3 is 0 Å². The molecule has 9 rings (SSSR count). The van der Waals surface area contributed by atoms with Gasteiger partial charge in [0.2, 0.25) is 5.95 Å². The van der Waals surface area contributed by atoms with Crippen LogP contribution >= 0.6 is 0 Å². The van der Waals surface area contributed by atoms with Crippen LogP contribution in [-0.2, 0) is 0 Å². The Morgan fingerprint density at radius 3 is 1.39 bits per heavy atom. The highest BCUT2D eigenvalue weighted by molar-refractivity contribution is 6.10. The van der Waals surface area contributed by atoms with Crippen molar-refractivity contribution in [2.45, 2.75) is 0 Å². The number of hydrogen-bond donors (Lipinski definition) is 0. The van der Waals surface area contributed by atoms with Gasteiger partial charge in [0.15, 0.2) is 11.6 Å². The van der Waals surface area contributed by atoms with Crippen LogP contribution < -0.4 is 0 Å². The molecule has 0 aliphatic rings. The van der Waals surface area contributed by atoms with Crippen molar-refractivity contribution in [2.75, 3.05) is 0 Å². The summed E-state index contributed by atoms with van der Waals surface area (Å²) in [6, 6.07) is 63.4. The molecule has 0 amide bonds. The first kappa shape index (κ1) is 28.6. The van der Waals surface area contributed by atoms with Crippen LogP contribution in [0.3, 0.4) is 0 Å². The monoisotopic (exact) mass is 626 g/mol. The van der Waals surface area contributed by atoms with Gasteiger partial charge in [0.1, 0.15) is 0 Å². The Morgan fingerprint density at radius 1 is 0.286 bits per heavy atom. The van der Waals surface area contributed by atoms with Gasteiger partial charge in [0.05, 0.1) is 11.0 Å². The maximum atomic E-state index is 5.19. The molecule has 0 aliphatic carbocycles. The summed E-state index contributed by atoms with van der Waals surface area (Å²) in [5.41, 5.74) is 10.9. The maximum absolute atomic E-state index is 5.19. The number of benzene rings is 7. The van der Waals surface area contributed by atoms with E-state index >= 15 is 0 Å². The van der Waals surface area contributed by atoms with Crippen molar-refractivity contribution >= 4 is 21.8 Å². The van der Waals surface area contributed by atoms with E-state index in [9.17, 15) is 0 Å². The summed E-state index contributed by atoms with van der Waals surface area (Å²) in [4.78, 5) is 15.4. The van der Waals surface area contributed by atoms with Crippen LogP contribution in [0.2, 0.25) is 0 Å². The molecule has 0 atom stereocenters. The van der Waals surface area contributed by atoms with Crippen LogP contribution in [-0.4, -0.2) is 19.5 Å². The lowest BCUT2D eigenvalue weighted by atomic mass is 9.98. The molecule has 9 aromatic rings. The smallest absolute Gasteiger partial charge is 0.238 e. The second-order valence-corrected chi connectivity index (χ2v) is 12.1. The van der Waals surface area contributed by atoms with Crippen LogP contribution in [0, 0.1) is 0 Å². The Hall–Kier alpha value is -6.65. The molecule has 0 aliphatic heterocycles. The van der Waals surface area contributed by atoms with Gasteiger partial charge in [0.25, 0.3) is 0 Å². The van der Waals surface area contributed by atoms with E-state index in [1.165, 1.54) is 22.3 Å². The summed E-state index contributed by atoms with van der Waals surface area (Å²) < 4.78 is 2.17. The van der Waals surface area contributed by atoms with Crippen molar-refractivity contribution in [3.63, 3.8) is 0 Å². The molecule has 0 N–H and O–H groups in total. The lowest BCUT2D eigenvalue weighted by Crippen LogP contribution is -2.06. The number of para-hydroxylation sites is 1. The van der Waals surface area contributed by atoms with Crippen molar-refractivity contribution in [2.24, 2.45) is 0 Å². The second-order valence-electron chi connectivity index (χ2n) is 12.1. The highest BCUT2D eigenvalue weighted by Gasteiger charge is 2.18. The Bertz CT molecular complexity index is 2590. The number of fused-ring (bicyclic) bond motifs is 3. The van der Waals surface area contributed by atoms with E-state index in [0.29, 0.717) is 17.6 Å². The molecule has 7 aromatic carbocycles. The molecule has 2 heterocycles. The first-order valence-corrected chi connectivity index (χ1v) is 16.5. The quantitative estimate of drug-likeness (QED) is 0.184. The van der Waals surface area contributed by atoms with Gasteiger partial charge in [-0.15, -0.1) is 0 Å². The Morgan fingerprint density at radius 2 is 0.735 bits per heavy atom. The predicted molar refractivity (Wildman–Crippen MR) is 201 cm³/mol. The average molecular weight is 627 g/mol. The van der Waals surface area contributed by atoms with E-state index in [1.54, 1.807) is 0 Å². The first-order valence-electron chi connectivity index (χ1n) is 16.5. The van der Waals surface area contributed by atoms with E-state index in [4.69, 9.17) is 15.0 Å². The summed E-state index contributed by atoms with van der Waals surface area (Å²) in [5, 5.41) is 2.30. The van der Waals surface area contributed by atoms with Crippen LogP contribution in [0.1, 0.15) is 0 Å². The minimum Gasteiger partial charge on any atom is -0.278 e. The molecule has 2 aromatic heterocycles. The molecule has 0 unspecified atom stereocenters. The minimum absolute atomic E-state index is 0.582. The Balaban J connectivity index is 1.22. The molecule has 4 heteroatoms. The van der Waals surface area contributed by atoms with Gasteiger partial charge in [-0.05, 0) is 63.7 Å². The Labute approximate surface area is 284 Å². The Kier molecular flexibility index (Phi) is 7.10. The van der Waals surface area contributed by atoms with E-state index in [-0.39, 0.29) is 0 Å². The molecule has 0 radical (unpaired) electrons. The van der Waals surface area contributed by atoms with E-state index in [1.807, 2.05) is 42.5 Å². The summed E-state index contributed by atoms with van der Waals surface area (Å²) in [6.45, 7) is 0. The molecule has 0 saturated carbocycles. The van der Waals surface area contributed by atoms with E-state index in [2.05, 4.69) is 144 Å². The fraction of sp³-hybridized carbons (Fsp3) is 0. The zero-order valence-corrected chi connectivity index (χ0v) is 26.6. The summed E-state index contributed by atoms with van der Waals surface area (Å²) in [7, 11) is 0. The normalized spacial score (nSPS) is 11.3. The van der Waals surface area contributed by atoms with Crippen molar-refractivity contribution in [1.29, 1.82) is 0 Å².